The monoisotopic (exact) mass is 440 g/mol. The van der Waals surface area contributed by atoms with E-state index in [0.717, 1.165) is 40.9 Å². The van der Waals surface area contributed by atoms with Gasteiger partial charge in [-0.1, -0.05) is 6.07 Å². The lowest BCUT2D eigenvalue weighted by atomic mass is 9.95. The van der Waals surface area contributed by atoms with E-state index >= 15 is 0 Å². The summed E-state index contributed by atoms with van der Waals surface area (Å²) in [6, 6.07) is 11.1. The number of nitrogens with zero attached hydrogens (tertiary/aromatic N) is 1. The maximum Gasteiger partial charge on any atom is 0.269 e. The van der Waals surface area contributed by atoms with Gasteiger partial charge in [-0.2, -0.15) is 0 Å². The molecule has 0 saturated heterocycles. The molecule has 0 unspecified atom stereocenters. The third-order valence-electron chi connectivity index (χ3n) is 5.52. The number of rotatable bonds is 4. The van der Waals surface area contributed by atoms with Gasteiger partial charge >= 0.3 is 0 Å². The van der Waals surface area contributed by atoms with E-state index in [9.17, 15) is 18.0 Å². The Balaban J connectivity index is 1.48. The molecule has 9 heteroatoms. The first kappa shape index (κ1) is 21.1. The number of H-pyrrole nitrogens is 1. The number of fused-ring (bicyclic) bond motifs is 3. The lowest BCUT2D eigenvalue weighted by Crippen LogP contribution is -2.41. The van der Waals surface area contributed by atoms with Crippen LogP contribution in [0.3, 0.4) is 0 Å². The third-order valence-corrected chi connectivity index (χ3v) is 7.34. The first-order chi connectivity index (χ1) is 14.8. The summed E-state index contributed by atoms with van der Waals surface area (Å²) < 4.78 is 25.6. The van der Waals surface area contributed by atoms with Crippen LogP contribution in [0.25, 0.3) is 10.9 Å². The highest BCUT2D eigenvalue weighted by molar-refractivity contribution is 7.89. The van der Waals surface area contributed by atoms with Crippen molar-refractivity contribution in [3.8, 4) is 0 Å². The number of aromatic nitrogens is 1. The summed E-state index contributed by atoms with van der Waals surface area (Å²) in [5.41, 5.74) is 8.82. The Hall–Kier alpha value is -3.17. The van der Waals surface area contributed by atoms with Crippen molar-refractivity contribution in [1.82, 2.24) is 20.1 Å². The highest BCUT2D eigenvalue weighted by Gasteiger charge is 2.20. The molecule has 8 nitrogen and oxygen atoms in total. The molecule has 0 fully saturated rings. The predicted molar refractivity (Wildman–Crippen MR) is 117 cm³/mol. The Labute approximate surface area is 180 Å². The van der Waals surface area contributed by atoms with E-state index in [1.807, 2.05) is 12.1 Å². The van der Waals surface area contributed by atoms with E-state index in [1.54, 1.807) is 6.07 Å². The second-order valence-electron chi connectivity index (χ2n) is 7.77. The second-order valence-corrected chi connectivity index (χ2v) is 9.92. The first-order valence-corrected chi connectivity index (χ1v) is 11.5. The number of nitrogens with one attached hydrogen (secondary N) is 3. The van der Waals surface area contributed by atoms with Gasteiger partial charge in [0, 0.05) is 41.8 Å². The second kappa shape index (κ2) is 8.16. The fourth-order valence-corrected chi connectivity index (χ4v) is 4.76. The molecule has 0 radical (unpaired) electrons. The van der Waals surface area contributed by atoms with Gasteiger partial charge in [0.05, 0.1) is 4.90 Å². The van der Waals surface area contributed by atoms with Crippen molar-refractivity contribution in [3.05, 3.63) is 64.8 Å². The Bertz CT molecular complexity index is 1280. The van der Waals surface area contributed by atoms with Crippen LogP contribution in [0.5, 0.6) is 0 Å². The minimum absolute atomic E-state index is 0.000778. The maximum absolute atomic E-state index is 12.6. The van der Waals surface area contributed by atoms with Crippen molar-refractivity contribution < 1.29 is 18.0 Å². The number of aromatic amines is 1. The molecule has 3 N–H and O–H groups in total. The molecule has 0 spiro atoms. The molecule has 1 aromatic heterocycles. The lowest BCUT2D eigenvalue weighted by molar-refractivity contribution is 0.0846. The standard InChI is InChI=1S/C22H24N4O4S/c1-26(2)31(29,30)16-7-5-6-14(12-16)21(27)24-25-22(28)15-10-11-20-18(13-15)17-8-3-4-9-19(17)23-20/h5-7,10-13,23H,3-4,8-9H2,1-2H3,(H,24,27)(H,25,28). The number of amides is 2. The SMILES string of the molecule is CN(C)S(=O)(=O)c1cccc(C(=O)NNC(=O)c2ccc3[nH]c4c(c3c2)CCCC4)c1. The van der Waals surface area contributed by atoms with E-state index in [0.29, 0.717) is 5.56 Å². The fraction of sp³-hybridized carbons (Fsp3) is 0.273. The summed E-state index contributed by atoms with van der Waals surface area (Å²) in [5.74, 6) is -1.05. The van der Waals surface area contributed by atoms with Crippen LogP contribution in [0.15, 0.2) is 47.4 Å². The lowest BCUT2D eigenvalue weighted by Gasteiger charge is -2.13. The molecular weight excluding hydrogens is 416 g/mol. The van der Waals surface area contributed by atoms with Gasteiger partial charge in [-0.15, -0.1) is 0 Å². The van der Waals surface area contributed by atoms with Crippen molar-refractivity contribution in [2.24, 2.45) is 0 Å². The van der Waals surface area contributed by atoms with Gasteiger partial charge in [0.2, 0.25) is 10.0 Å². The van der Waals surface area contributed by atoms with Crippen LogP contribution >= 0.6 is 0 Å². The zero-order valence-corrected chi connectivity index (χ0v) is 18.2. The highest BCUT2D eigenvalue weighted by atomic mass is 32.2. The molecule has 2 aromatic carbocycles. The molecule has 2 amide bonds. The van der Waals surface area contributed by atoms with Crippen LogP contribution in [-0.2, 0) is 22.9 Å². The zero-order chi connectivity index (χ0) is 22.2. The van der Waals surface area contributed by atoms with Gasteiger partial charge in [-0.3, -0.25) is 20.4 Å². The Morgan fingerprint density at radius 2 is 1.61 bits per heavy atom. The average Bonchev–Trinajstić information content (AvgIpc) is 3.15. The van der Waals surface area contributed by atoms with Gasteiger partial charge < -0.3 is 4.98 Å². The summed E-state index contributed by atoms with van der Waals surface area (Å²) in [5, 5.41) is 1.04. The van der Waals surface area contributed by atoms with Crippen LogP contribution in [0.2, 0.25) is 0 Å². The fourth-order valence-electron chi connectivity index (χ4n) is 3.81. The van der Waals surface area contributed by atoms with Crippen molar-refractivity contribution in [2.75, 3.05) is 14.1 Å². The van der Waals surface area contributed by atoms with Gasteiger partial charge in [-0.05, 0) is 67.6 Å². The number of hydrogen-bond acceptors (Lipinski definition) is 4. The highest BCUT2D eigenvalue weighted by Crippen LogP contribution is 2.29. The third kappa shape index (κ3) is 4.06. The van der Waals surface area contributed by atoms with Gasteiger partial charge in [0.1, 0.15) is 0 Å². The molecular formula is C22H24N4O4S. The smallest absolute Gasteiger partial charge is 0.269 e. The topological polar surface area (TPSA) is 111 Å². The number of sulfonamides is 1. The van der Waals surface area contributed by atoms with Crippen molar-refractivity contribution in [2.45, 2.75) is 30.6 Å². The van der Waals surface area contributed by atoms with E-state index in [4.69, 9.17) is 0 Å². The number of benzene rings is 2. The summed E-state index contributed by atoms with van der Waals surface area (Å²) in [4.78, 5) is 28.5. The largest absolute Gasteiger partial charge is 0.358 e. The summed E-state index contributed by atoms with van der Waals surface area (Å²) in [6.45, 7) is 0. The van der Waals surface area contributed by atoms with Crippen LogP contribution < -0.4 is 10.9 Å². The molecule has 0 atom stereocenters. The Kier molecular flexibility index (Phi) is 5.55. The van der Waals surface area contributed by atoms with Crippen molar-refractivity contribution in [3.63, 3.8) is 0 Å². The first-order valence-electron chi connectivity index (χ1n) is 10.0. The maximum atomic E-state index is 12.6. The minimum Gasteiger partial charge on any atom is -0.358 e. The number of carbonyl (C=O) groups excluding carboxylic acids is 2. The quantitative estimate of drug-likeness (QED) is 0.541. The molecule has 31 heavy (non-hydrogen) atoms. The summed E-state index contributed by atoms with van der Waals surface area (Å²) >= 11 is 0. The number of aryl methyl sites for hydroxylation is 2. The van der Waals surface area contributed by atoms with Crippen LogP contribution in [-0.4, -0.2) is 43.6 Å². The van der Waals surface area contributed by atoms with Gasteiger partial charge in [0.15, 0.2) is 0 Å². The van der Waals surface area contributed by atoms with E-state index < -0.39 is 21.8 Å². The van der Waals surface area contributed by atoms with E-state index in [2.05, 4.69) is 15.8 Å². The molecule has 1 aliphatic rings. The summed E-state index contributed by atoms with van der Waals surface area (Å²) in [6.07, 6.45) is 4.30. The van der Waals surface area contributed by atoms with Gasteiger partial charge in [0.25, 0.3) is 11.8 Å². The Morgan fingerprint density at radius 3 is 2.32 bits per heavy atom. The molecule has 0 aliphatic heterocycles. The normalized spacial score (nSPS) is 13.8. The molecule has 4 rings (SSSR count). The minimum atomic E-state index is -3.67. The summed E-state index contributed by atoms with van der Waals surface area (Å²) in [7, 11) is -0.832. The average molecular weight is 441 g/mol. The molecule has 0 saturated carbocycles. The van der Waals surface area contributed by atoms with E-state index in [-0.39, 0.29) is 10.5 Å². The number of hydrogen-bond donors (Lipinski definition) is 3. The zero-order valence-electron chi connectivity index (χ0n) is 17.4. The van der Waals surface area contributed by atoms with Crippen molar-refractivity contribution in [1.29, 1.82) is 0 Å². The predicted octanol–water partition coefficient (Wildman–Crippen LogP) is 2.37. The number of carbonyl (C=O) groups is 2. The molecule has 1 aliphatic carbocycles. The van der Waals surface area contributed by atoms with Crippen LogP contribution in [0.4, 0.5) is 0 Å². The molecule has 1 heterocycles. The Morgan fingerprint density at radius 1 is 0.935 bits per heavy atom. The molecule has 3 aromatic rings. The van der Waals surface area contributed by atoms with Crippen LogP contribution in [0, 0.1) is 0 Å². The molecule has 162 valence electrons. The van der Waals surface area contributed by atoms with Crippen LogP contribution in [0.1, 0.15) is 44.8 Å². The van der Waals surface area contributed by atoms with E-state index in [1.165, 1.54) is 49.6 Å². The molecule has 0 bridgehead atoms. The van der Waals surface area contributed by atoms with Gasteiger partial charge in [-0.25, -0.2) is 12.7 Å². The van der Waals surface area contributed by atoms with Crippen molar-refractivity contribution >= 4 is 32.7 Å². The number of hydrazine groups is 1.